The van der Waals surface area contributed by atoms with E-state index in [2.05, 4.69) is 15.2 Å². The Morgan fingerprint density at radius 3 is 2.43 bits per heavy atom. The van der Waals surface area contributed by atoms with E-state index in [1.807, 2.05) is 0 Å². The first-order valence-corrected chi connectivity index (χ1v) is 7.88. The quantitative estimate of drug-likeness (QED) is 0.416. The second kappa shape index (κ2) is 9.16. The van der Waals surface area contributed by atoms with Gasteiger partial charge < -0.3 is 14.9 Å². The van der Waals surface area contributed by atoms with Crippen molar-refractivity contribution in [2.45, 2.75) is 25.8 Å². The molecule has 1 unspecified atom stereocenters. The molecule has 0 saturated carbocycles. The number of hydrogen-bond acceptors (Lipinski definition) is 4. The summed E-state index contributed by atoms with van der Waals surface area (Å²) in [6.45, 7) is -1.77. The maximum absolute atomic E-state index is 12.9. The van der Waals surface area contributed by atoms with Gasteiger partial charge in [-0.15, -0.1) is 0 Å². The van der Waals surface area contributed by atoms with E-state index in [4.69, 9.17) is 4.84 Å². The van der Waals surface area contributed by atoms with Crippen molar-refractivity contribution in [1.29, 1.82) is 0 Å². The van der Waals surface area contributed by atoms with Crippen LogP contribution in [-0.2, 0) is 15.8 Å². The highest BCUT2D eigenvalue weighted by Gasteiger charge is 2.34. The predicted octanol–water partition coefficient (Wildman–Crippen LogP) is 4.68. The molecule has 0 saturated heterocycles. The summed E-state index contributed by atoms with van der Waals surface area (Å²) in [5.41, 5.74) is -1.26. The molecule has 0 spiro atoms. The summed E-state index contributed by atoms with van der Waals surface area (Å²) in [7, 11) is 0. The van der Waals surface area contributed by atoms with Crippen LogP contribution in [0.2, 0.25) is 0 Å². The van der Waals surface area contributed by atoms with E-state index in [1.165, 1.54) is 37.3 Å². The number of benzene rings is 2. The molecule has 0 aliphatic heterocycles. The van der Waals surface area contributed by atoms with Crippen LogP contribution < -0.4 is 10.1 Å². The SMILES string of the molecule is CC(O/N=C/c1ccccc1OC(F)F)C(=O)Nc1ccccc1C(F)(F)F. The number of nitrogens with zero attached hydrogens (tertiary/aromatic N) is 1. The zero-order valence-electron chi connectivity index (χ0n) is 14.4. The Morgan fingerprint density at radius 1 is 1.11 bits per heavy atom. The number of carbonyl (C=O) groups excluding carboxylic acids is 1. The average molecular weight is 402 g/mol. The van der Waals surface area contributed by atoms with E-state index in [0.717, 1.165) is 18.3 Å². The molecule has 1 atom stereocenters. The third kappa shape index (κ3) is 5.93. The molecule has 5 nitrogen and oxygen atoms in total. The number of halogens is 5. The first-order valence-electron chi connectivity index (χ1n) is 7.88. The molecule has 2 aromatic carbocycles. The van der Waals surface area contributed by atoms with Crippen LogP contribution in [0.4, 0.5) is 27.6 Å². The fourth-order valence-electron chi connectivity index (χ4n) is 2.09. The number of oxime groups is 1. The van der Waals surface area contributed by atoms with Gasteiger partial charge in [0.25, 0.3) is 5.91 Å². The molecule has 28 heavy (non-hydrogen) atoms. The first-order chi connectivity index (χ1) is 13.2. The lowest BCUT2D eigenvalue weighted by molar-refractivity contribution is -0.137. The molecule has 0 aliphatic rings. The topological polar surface area (TPSA) is 59.9 Å². The smallest absolute Gasteiger partial charge is 0.418 e. The number of amides is 1. The van der Waals surface area contributed by atoms with E-state index in [9.17, 15) is 26.7 Å². The lowest BCUT2D eigenvalue weighted by Gasteiger charge is -2.15. The van der Waals surface area contributed by atoms with E-state index in [-0.39, 0.29) is 11.3 Å². The molecule has 2 rings (SSSR count). The van der Waals surface area contributed by atoms with Crippen molar-refractivity contribution in [1.82, 2.24) is 0 Å². The van der Waals surface area contributed by atoms with Gasteiger partial charge >= 0.3 is 12.8 Å². The Kier molecular flexibility index (Phi) is 6.91. The fraction of sp³-hybridized carbons (Fsp3) is 0.222. The summed E-state index contributed by atoms with van der Waals surface area (Å²) in [5, 5.41) is 5.63. The number of rotatable bonds is 7. The highest BCUT2D eigenvalue weighted by Crippen LogP contribution is 2.34. The lowest BCUT2D eigenvalue weighted by Crippen LogP contribution is -2.27. The molecule has 0 radical (unpaired) electrons. The number of carbonyl (C=O) groups is 1. The Morgan fingerprint density at radius 2 is 1.75 bits per heavy atom. The number of para-hydroxylation sites is 2. The number of ether oxygens (including phenoxy) is 1. The first kappa shape index (κ1) is 21.1. The van der Waals surface area contributed by atoms with Gasteiger partial charge in [0.2, 0.25) is 6.10 Å². The molecule has 0 heterocycles. The van der Waals surface area contributed by atoms with Crippen LogP contribution >= 0.6 is 0 Å². The van der Waals surface area contributed by atoms with E-state index < -0.39 is 36.0 Å². The van der Waals surface area contributed by atoms with Crippen LogP contribution in [0.1, 0.15) is 18.1 Å². The van der Waals surface area contributed by atoms with Crippen molar-refractivity contribution >= 4 is 17.8 Å². The van der Waals surface area contributed by atoms with Crippen LogP contribution in [-0.4, -0.2) is 24.8 Å². The Bertz CT molecular complexity index is 840. The summed E-state index contributed by atoms with van der Waals surface area (Å²) >= 11 is 0. The molecule has 10 heteroatoms. The van der Waals surface area contributed by atoms with Gasteiger partial charge in [-0.3, -0.25) is 4.79 Å². The minimum atomic E-state index is -4.64. The highest BCUT2D eigenvalue weighted by atomic mass is 19.4. The van der Waals surface area contributed by atoms with Crippen LogP contribution in [0.15, 0.2) is 53.7 Å². The number of nitrogens with one attached hydrogen (secondary N) is 1. The van der Waals surface area contributed by atoms with Gasteiger partial charge in [0.1, 0.15) is 5.75 Å². The van der Waals surface area contributed by atoms with E-state index in [1.54, 1.807) is 6.07 Å². The standard InChI is InChI=1S/C18H15F5N2O3/c1-11(16(26)25-14-8-4-3-7-13(14)18(21,22)23)28-24-10-12-6-2-5-9-15(12)27-17(19)20/h2-11,17H,1H3,(H,25,26)/b24-10+. The van der Waals surface area contributed by atoms with Crippen molar-refractivity contribution in [2.24, 2.45) is 5.16 Å². The zero-order chi connectivity index (χ0) is 20.7. The number of hydrogen-bond donors (Lipinski definition) is 1. The average Bonchev–Trinajstić information content (AvgIpc) is 2.62. The van der Waals surface area contributed by atoms with Crippen LogP contribution in [0.5, 0.6) is 5.75 Å². The van der Waals surface area contributed by atoms with Gasteiger partial charge in [-0.05, 0) is 31.2 Å². The van der Waals surface area contributed by atoms with Gasteiger partial charge in [-0.1, -0.05) is 29.4 Å². The molecule has 0 aliphatic carbocycles. The minimum absolute atomic E-state index is 0.152. The maximum Gasteiger partial charge on any atom is 0.418 e. The molecule has 2 aromatic rings. The number of anilines is 1. The second-order valence-corrected chi connectivity index (χ2v) is 5.43. The van der Waals surface area contributed by atoms with Crippen molar-refractivity contribution < 1.29 is 36.3 Å². The normalized spacial score (nSPS) is 12.8. The Hall–Kier alpha value is -3.17. The van der Waals surface area contributed by atoms with Crippen LogP contribution in [0.3, 0.4) is 0 Å². The molecular weight excluding hydrogens is 387 g/mol. The maximum atomic E-state index is 12.9. The highest BCUT2D eigenvalue weighted by molar-refractivity contribution is 5.94. The summed E-state index contributed by atoms with van der Waals surface area (Å²) in [4.78, 5) is 16.9. The third-order valence-corrected chi connectivity index (χ3v) is 3.41. The number of alkyl halides is 5. The lowest BCUT2D eigenvalue weighted by atomic mass is 10.1. The van der Waals surface area contributed by atoms with Gasteiger partial charge in [0.15, 0.2) is 0 Å². The Balaban J connectivity index is 2.02. The summed E-state index contributed by atoms with van der Waals surface area (Å²) in [6, 6.07) is 10.2. The van der Waals surface area contributed by atoms with Crippen LogP contribution in [0, 0.1) is 0 Å². The van der Waals surface area contributed by atoms with Gasteiger partial charge in [0.05, 0.1) is 17.5 Å². The zero-order valence-corrected chi connectivity index (χ0v) is 14.4. The van der Waals surface area contributed by atoms with Crippen molar-refractivity contribution in [3.63, 3.8) is 0 Å². The monoisotopic (exact) mass is 402 g/mol. The summed E-state index contributed by atoms with van der Waals surface area (Å²) in [6.07, 6.45) is -4.84. The molecule has 0 aromatic heterocycles. The largest absolute Gasteiger partial charge is 0.434 e. The predicted molar refractivity (Wildman–Crippen MR) is 91.3 cm³/mol. The minimum Gasteiger partial charge on any atom is -0.434 e. The van der Waals surface area contributed by atoms with Gasteiger partial charge in [0, 0.05) is 5.56 Å². The molecule has 0 fully saturated rings. The Labute approximate surface area is 156 Å². The molecule has 1 amide bonds. The van der Waals surface area contributed by atoms with Crippen LogP contribution in [0.25, 0.3) is 0 Å². The van der Waals surface area contributed by atoms with Crippen molar-refractivity contribution in [3.8, 4) is 5.75 Å². The third-order valence-electron chi connectivity index (χ3n) is 3.41. The fourth-order valence-corrected chi connectivity index (χ4v) is 2.09. The van der Waals surface area contributed by atoms with Crippen molar-refractivity contribution in [3.05, 3.63) is 59.7 Å². The molecular formula is C18H15F5N2O3. The van der Waals surface area contributed by atoms with E-state index >= 15 is 0 Å². The summed E-state index contributed by atoms with van der Waals surface area (Å²) < 4.78 is 67.8. The second-order valence-electron chi connectivity index (χ2n) is 5.43. The van der Waals surface area contributed by atoms with E-state index in [0.29, 0.717) is 0 Å². The van der Waals surface area contributed by atoms with Gasteiger partial charge in [-0.25, -0.2) is 0 Å². The molecule has 150 valence electrons. The molecule has 0 bridgehead atoms. The molecule has 1 N–H and O–H groups in total. The summed E-state index contributed by atoms with van der Waals surface area (Å²) in [5.74, 6) is -1.02. The van der Waals surface area contributed by atoms with Crippen molar-refractivity contribution in [2.75, 3.05) is 5.32 Å². The van der Waals surface area contributed by atoms with Gasteiger partial charge in [-0.2, -0.15) is 22.0 Å².